The maximum absolute atomic E-state index is 13.3. The molecule has 0 radical (unpaired) electrons. The first kappa shape index (κ1) is 17.1. The Labute approximate surface area is 152 Å². The molecule has 3 rings (SSSR count). The van der Waals surface area contributed by atoms with Gasteiger partial charge < -0.3 is 10.6 Å². The molecule has 0 spiro atoms. The molecule has 0 saturated heterocycles. The lowest BCUT2D eigenvalue weighted by atomic mass is 9.98. The van der Waals surface area contributed by atoms with E-state index in [0.717, 1.165) is 11.1 Å². The molecule has 2 nitrogen and oxygen atoms in total. The molecule has 0 aliphatic rings. The summed E-state index contributed by atoms with van der Waals surface area (Å²) in [7, 11) is 0. The van der Waals surface area contributed by atoms with Gasteiger partial charge in [0.2, 0.25) is 0 Å². The van der Waals surface area contributed by atoms with Crippen molar-refractivity contribution in [2.75, 3.05) is 5.32 Å². The summed E-state index contributed by atoms with van der Waals surface area (Å²) in [5.41, 5.74) is 4.04. The molecule has 0 bridgehead atoms. The number of hydrogen-bond donors (Lipinski definition) is 2. The minimum Gasteiger partial charge on any atom is -0.352 e. The predicted molar refractivity (Wildman–Crippen MR) is 105 cm³/mol. The summed E-state index contributed by atoms with van der Waals surface area (Å²) in [6.07, 6.45) is 0. The van der Waals surface area contributed by atoms with Gasteiger partial charge in [-0.25, -0.2) is 4.39 Å². The van der Waals surface area contributed by atoms with E-state index in [0.29, 0.717) is 10.8 Å². The molecule has 0 fully saturated rings. The van der Waals surface area contributed by atoms with Gasteiger partial charge in [0.25, 0.3) is 0 Å². The van der Waals surface area contributed by atoms with E-state index in [1.54, 1.807) is 12.1 Å². The Morgan fingerprint density at radius 1 is 0.880 bits per heavy atom. The third-order valence-electron chi connectivity index (χ3n) is 3.90. The SMILES string of the molecule is Cc1ccc([C@@H](NC(=S)Nc2cccc(F)c2)c2ccccc2)cc1. The maximum atomic E-state index is 13.3. The fourth-order valence-corrected chi connectivity index (χ4v) is 2.86. The van der Waals surface area contributed by atoms with Crippen LogP contribution in [0.5, 0.6) is 0 Å². The standard InChI is InChI=1S/C21H19FN2S/c1-15-10-12-17(13-11-15)20(16-6-3-2-4-7-16)24-21(25)23-19-9-5-8-18(22)14-19/h2-14,20H,1H3,(H2,23,24,25)/t20-/m0/s1. The highest BCUT2D eigenvalue weighted by molar-refractivity contribution is 7.80. The summed E-state index contributed by atoms with van der Waals surface area (Å²) in [6.45, 7) is 2.06. The maximum Gasteiger partial charge on any atom is 0.171 e. The largest absolute Gasteiger partial charge is 0.352 e. The van der Waals surface area contributed by atoms with E-state index < -0.39 is 0 Å². The summed E-state index contributed by atoms with van der Waals surface area (Å²) in [6, 6.07) is 24.6. The van der Waals surface area contributed by atoms with Gasteiger partial charge >= 0.3 is 0 Å². The molecule has 3 aromatic carbocycles. The van der Waals surface area contributed by atoms with E-state index >= 15 is 0 Å². The molecule has 25 heavy (non-hydrogen) atoms. The van der Waals surface area contributed by atoms with Crippen molar-refractivity contribution in [3.63, 3.8) is 0 Å². The average Bonchev–Trinajstić information content (AvgIpc) is 2.61. The molecule has 3 aromatic rings. The minimum atomic E-state index is -0.300. The van der Waals surface area contributed by atoms with Gasteiger partial charge in [0.05, 0.1) is 6.04 Å². The Morgan fingerprint density at radius 3 is 2.24 bits per heavy atom. The van der Waals surface area contributed by atoms with Crippen molar-refractivity contribution in [3.8, 4) is 0 Å². The number of hydrogen-bond acceptors (Lipinski definition) is 1. The van der Waals surface area contributed by atoms with Crippen molar-refractivity contribution in [2.24, 2.45) is 0 Å². The monoisotopic (exact) mass is 350 g/mol. The van der Waals surface area contributed by atoms with Crippen molar-refractivity contribution >= 4 is 23.0 Å². The fraction of sp³-hybridized carbons (Fsp3) is 0.0952. The summed E-state index contributed by atoms with van der Waals surface area (Å²) in [5.74, 6) is -0.300. The second kappa shape index (κ2) is 7.90. The topological polar surface area (TPSA) is 24.1 Å². The van der Waals surface area contributed by atoms with Crippen LogP contribution in [-0.4, -0.2) is 5.11 Å². The molecule has 0 saturated carbocycles. The van der Waals surface area contributed by atoms with Crippen molar-refractivity contribution < 1.29 is 4.39 Å². The Bertz CT molecular complexity index is 847. The highest BCUT2D eigenvalue weighted by Crippen LogP contribution is 2.22. The first-order chi connectivity index (χ1) is 12.1. The molecule has 0 aliphatic carbocycles. The number of nitrogens with one attached hydrogen (secondary N) is 2. The fourth-order valence-electron chi connectivity index (χ4n) is 2.63. The van der Waals surface area contributed by atoms with Crippen LogP contribution in [-0.2, 0) is 0 Å². The van der Waals surface area contributed by atoms with Gasteiger partial charge in [-0.3, -0.25) is 0 Å². The van der Waals surface area contributed by atoms with Crippen LogP contribution < -0.4 is 10.6 Å². The predicted octanol–water partition coefficient (Wildman–Crippen LogP) is 5.21. The van der Waals surface area contributed by atoms with Crippen LogP contribution in [0.1, 0.15) is 22.7 Å². The van der Waals surface area contributed by atoms with Gasteiger partial charge in [-0.05, 0) is 48.5 Å². The van der Waals surface area contributed by atoms with Gasteiger partial charge in [-0.1, -0.05) is 66.2 Å². The van der Waals surface area contributed by atoms with E-state index in [1.165, 1.54) is 17.7 Å². The number of benzene rings is 3. The molecule has 126 valence electrons. The molecular weight excluding hydrogens is 331 g/mol. The number of anilines is 1. The zero-order valence-corrected chi connectivity index (χ0v) is 14.7. The molecule has 0 aliphatic heterocycles. The molecule has 0 aromatic heterocycles. The molecule has 0 unspecified atom stereocenters. The van der Waals surface area contributed by atoms with Gasteiger partial charge in [0.1, 0.15) is 5.82 Å². The van der Waals surface area contributed by atoms with Crippen molar-refractivity contribution in [2.45, 2.75) is 13.0 Å². The quantitative estimate of drug-likeness (QED) is 0.632. The minimum absolute atomic E-state index is 0.0876. The zero-order chi connectivity index (χ0) is 17.6. The number of thiocarbonyl (C=S) groups is 1. The number of halogens is 1. The Morgan fingerprint density at radius 2 is 1.56 bits per heavy atom. The summed E-state index contributed by atoms with van der Waals surface area (Å²) < 4.78 is 13.3. The van der Waals surface area contributed by atoms with Gasteiger partial charge in [0, 0.05) is 5.69 Å². The third-order valence-corrected chi connectivity index (χ3v) is 4.12. The van der Waals surface area contributed by atoms with Crippen LogP contribution >= 0.6 is 12.2 Å². The van der Waals surface area contributed by atoms with E-state index in [9.17, 15) is 4.39 Å². The highest BCUT2D eigenvalue weighted by atomic mass is 32.1. The van der Waals surface area contributed by atoms with E-state index in [4.69, 9.17) is 12.2 Å². The van der Waals surface area contributed by atoms with E-state index in [2.05, 4.69) is 54.0 Å². The normalized spacial score (nSPS) is 11.6. The molecule has 0 amide bonds. The van der Waals surface area contributed by atoms with Crippen LogP contribution in [0.25, 0.3) is 0 Å². The van der Waals surface area contributed by atoms with Crippen LogP contribution in [0, 0.1) is 12.7 Å². The van der Waals surface area contributed by atoms with Crippen LogP contribution in [0.15, 0.2) is 78.9 Å². The van der Waals surface area contributed by atoms with Crippen LogP contribution in [0.3, 0.4) is 0 Å². The first-order valence-electron chi connectivity index (χ1n) is 8.06. The summed E-state index contributed by atoms with van der Waals surface area (Å²) >= 11 is 5.44. The van der Waals surface area contributed by atoms with Crippen molar-refractivity contribution in [1.29, 1.82) is 0 Å². The summed E-state index contributed by atoms with van der Waals surface area (Å²) in [4.78, 5) is 0. The lowest BCUT2D eigenvalue weighted by Gasteiger charge is -2.22. The molecule has 4 heteroatoms. The van der Waals surface area contributed by atoms with Gasteiger partial charge in [0.15, 0.2) is 5.11 Å². The van der Waals surface area contributed by atoms with Crippen molar-refractivity contribution in [3.05, 3.63) is 101 Å². The lowest BCUT2D eigenvalue weighted by molar-refractivity contribution is 0.628. The number of aryl methyl sites for hydroxylation is 1. The molecular formula is C21H19FN2S. The summed E-state index contributed by atoms with van der Waals surface area (Å²) in [5, 5.41) is 6.82. The van der Waals surface area contributed by atoms with Crippen molar-refractivity contribution in [1.82, 2.24) is 5.32 Å². The third kappa shape index (κ3) is 4.64. The Balaban J connectivity index is 1.82. The number of rotatable bonds is 4. The first-order valence-corrected chi connectivity index (χ1v) is 8.47. The van der Waals surface area contributed by atoms with Crippen LogP contribution in [0.4, 0.5) is 10.1 Å². The molecule has 0 heterocycles. The molecule has 1 atom stereocenters. The Hall–Kier alpha value is -2.72. The van der Waals surface area contributed by atoms with Gasteiger partial charge in [-0.2, -0.15) is 0 Å². The van der Waals surface area contributed by atoms with Crippen LogP contribution in [0.2, 0.25) is 0 Å². The van der Waals surface area contributed by atoms with E-state index in [-0.39, 0.29) is 11.9 Å². The second-order valence-corrected chi connectivity index (χ2v) is 6.27. The average molecular weight is 350 g/mol. The highest BCUT2D eigenvalue weighted by Gasteiger charge is 2.15. The Kier molecular flexibility index (Phi) is 5.41. The lowest BCUT2D eigenvalue weighted by Crippen LogP contribution is -2.33. The second-order valence-electron chi connectivity index (χ2n) is 5.86. The zero-order valence-electron chi connectivity index (χ0n) is 13.9. The molecule has 2 N–H and O–H groups in total. The van der Waals surface area contributed by atoms with Gasteiger partial charge in [-0.15, -0.1) is 0 Å². The van der Waals surface area contributed by atoms with E-state index in [1.807, 2.05) is 18.2 Å². The smallest absolute Gasteiger partial charge is 0.171 e.